The van der Waals surface area contributed by atoms with Crippen molar-refractivity contribution >= 4 is 11.6 Å². The Morgan fingerprint density at radius 2 is 1.81 bits per heavy atom. The number of aryl methyl sites for hydroxylation is 3. The molecule has 1 aliphatic rings. The van der Waals surface area contributed by atoms with E-state index < -0.39 is 0 Å². The van der Waals surface area contributed by atoms with Crippen LogP contribution in [0.5, 0.6) is 0 Å². The molecular weight excluding hydrogens is 322 g/mol. The van der Waals surface area contributed by atoms with E-state index in [4.69, 9.17) is 0 Å². The second kappa shape index (κ2) is 7.45. The largest absolute Gasteiger partial charge is 0.371 e. The van der Waals surface area contributed by atoms with Crippen molar-refractivity contribution in [3.05, 3.63) is 76.0 Å². The molecule has 0 aromatic heterocycles. The zero-order valence-corrected chi connectivity index (χ0v) is 15.5. The number of nitriles is 1. The van der Waals surface area contributed by atoms with Gasteiger partial charge in [0.2, 0.25) is 0 Å². The molecule has 0 bridgehead atoms. The molecule has 1 amide bonds. The van der Waals surface area contributed by atoms with Crippen LogP contribution in [0.1, 0.15) is 27.8 Å². The highest BCUT2D eigenvalue weighted by Crippen LogP contribution is 2.23. The maximum absolute atomic E-state index is 12.6. The van der Waals surface area contributed by atoms with Crippen molar-refractivity contribution in [2.24, 2.45) is 0 Å². The van der Waals surface area contributed by atoms with Crippen molar-refractivity contribution in [3.63, 3.8) is 0 Å². The summed E-state index contributed by atoms with van der Waals surface area (Å²) >= 11 is 0. The van der Waals surface area contributed by atoms with Gasteiger partial charge in [0.15, 0.2) is 0 Å². The minimum atomic E-state index is -0.360. The van der Waals surface area contributed by atoms with Gasteiger partial charge >= 0.3 is 0 Å². The molecule has 1 aliphatic heterocycles. The Kier molecular flexibility index (Phi) is 5.09. The van der Waals surface area contributed by atoms with Gasteiger partial charge in [-0.3, -0.25) is 4.79 Å². The van der Waals surface area contributed by atoms with Crippen LogP contribution in [0.2, 0.25) is 0 Å². The number of carbonyl (C=O) groups excluding carboxylic acids is 1. The number of hydrogen-bond donors (Lipinski definition) is 1. The molecule has 0 atom stereocenters. The van der Waals surface area contributed by atoms with Crippen molar-refractivity contribution < 1.29 is 4.79 Å². The van der Waals surface area contributed by atoms with Gasteiger partial charge in [-0.2, -0.15) is 5.26 Å². The lowest BCUT2D eigenvalue weighted by Gasteiger charge is -2.27. The van der Waals surface area contributed by atoms with E-state index in [0.29, 0.717) is 0 Å². The van der Waals surface area contributed by atoms with Crippen LogP contribution in [0, 0.1) is 32.1 Å². The summed E-state index contributed by atoms with van der Waals surface area (Å²) in [7, 11) is 0. The molecule has 2 aromatic rings. The smallest absolute Gasteiger partial charge is 0.267 e. The van der Waals surface area contributed by atoms with E-state index in [1.165, 1.54) is 11.1 Å². The van der Waals surface area contributed by atoms with Gasteiger partial charge in [0, 0.05) is 25.0 Å². The Morgan fingerprint density at radius 1 is 1.15 bits per heavy atom. The summed E-state index contributed by atoms with van der Waals surface area (Å²) in [6.07, 6.45) is 2.60. The highest BCUT2D eigenvalue weighted by molar-refractivity contribution is 6.07. The third-order valence-electron chi connectivity index (χ3n) is 4.75. The lowest BCUT2D eigenvalue weighted by Crippen LogP contribution is -2.27. The first-order valence-electron chi connectivity index (χ1n) is 8.80. The lowest BCUT2D eigenvalue weighted by molar-refractivity contribution is -0.112. The van der Waals surface area contributed by atoms with E-state index in [-0.39, 0.29) is 11.5 Å². The van der Waals surface area contributed by atoms with E-state index in [2.05, 4.69) is 23.5 Å². The van der Waals surface area contributed by atoms with Crippen LogP contribution >= 0.6 is 0 Å². The fourth-order valence-electron chi connectivity index (χ4n) is 3.51. The molecule has 4 nitrogen and oxygen atoms in total. The van der Waals surface area contributed by atoms with Crippen LogP contribution in [-0.4, -0.2) is 17.4 Å². The van der Waals surface area contributed by atoms with Gasteiger partial charge in [-0.1, -0.05) is 42.0 Å². The fourth-order valence-corrected chi connectivity index (χ4v) is 3.51. The minimum absolute atomic E-state index is 0.128. The minimum Gasteiger partial charge on any atom is -0.371 e. The molecule has 0 fully saturated rings. The maximum atomic E-state index is 12.6. The molecule has 0 spiro atoms. The normalized spacial score (nSPS) is 13.8. The van der Waals surface area contributed by atoms with Crippen LogP contribution in [0.3, 0.4) is 0 Å². The standard InChI is InChI=1S/C22H23N3O/c1-15-10-16(2)21(17(3)11-15)24-22(26)20(12-23)14-25-9-8-18-6-4-5-7-19(18)13-25/h4-7,10-11,14H,8-9,13H2,1-3H3,(H,24,26)/b20-14-. The highest BCUT2D eigenvalue weighted by atomic mass is 16.1. The lowest BCUT2D eigenvalue weighted by atomic mass is 10.00. The van der Waals surface area contributed by atoms with Gasteiger partial charge in [0.1, 0.15) is 11.6 Å². The predicted molar refractivity (Wildman–Crippen MR) is 104 cm³/mol. The molecular formula is C22H23N3O. The van der Waals surface area contributed by atoms with E-state index in [1.54, 1.807) is 6.20 Å². The third-order valence-corrected chi connectivity index (χ3v) is 4.75. The summed E-state index contributed by atoms with van der Waals surface area (Å²) in [5.74, 6) is -0.360. The summed E-state index contributed by atoms with van der Waals surface area (Å²) in [6, 6.07) is 14.4. The second-order valence-corrected chi connectivity index (χ2v) is 6.87. The molecule has 2 aromatic carbocycles. The zero-order chi connectivity index (χ0) is 18.7. The molecule has 0 unspecified atom stereocenters. The average Bonchev–Trinajstić information content (AvgIpc) is 2.62. The first kappa shape index (κ1) is 17.8. The predicted octanol–water partition coefficient (Wildman–Crippen LogP) is 4.02. The number of carbonyl (C=O) groups is 1. The van der Waals surface area contributed by atoms with Crippen LogP contribution in [0.4, 0.5) is 5.69 Å². The fraction of sp³-hybridized carbons (Fsp3) is 0.273. The number of nitrogens with one attached hydrogen (secondary N) is 1. The Balaban J connectivity index is 1.78. The Bertz CT molecular complexity index is 898. The SMILES string of the molecule is Cc1cc(C)c(NC(=O)/C(C#N)=C\N2CCc3ccccc3C2)c(C)c1. The monoisotopic (exact) mass is 345 g/mol. The van der Waals surface area contributed by atoms with Gasteiger partial charge in [0.25, 0.3) is 5.91 Å². The van der Waals surface area contributed by atoms with E-state index >= 15 is 0 Å². The van der Waals surface area contributed by atoms with E-state index in [1.807, 2.05) is 49.9 Å². The number of nitrogens with zero attached hydrogens (tertiary/aromatic N) is 2. The summed E-state index contributed by atoms with van der Waals surface area (Å²) < 4.78 is 0. The number of benzene rings is 2. The first-order chi connectivity index (χ1) is 12.5. The van der Waals surface area contributed by atoms with Gasteiger partial charge < -0.3 is 10.2 Å². The number of fused-ring (bicyclic) bond motifs is 1. The maximum Gasteiger partial charge on any atom is 0.267 e. The summed E-state index contributed by atoms with van der Waals surface area (Å²) in [6.45, 7) is 7.48. The number of anilines is 1. The van der Waals surface area contributed by atoms with Crippen molar-refractivity contribution in [3.8, 4) is 6.07 Å². The zero-order valence-electron chi connectivity index (χ0n) is 15.5. The molecule has 0 aliphatic carbocycles. The first-order valence-corrected chi connectivity index (χ1v) is 8.80. The quantitative estimate of drug-likeness (QED) is 0.675. The van der Waals surface area contributed by atoms with Gasteiger partial charge in [-0.15, -0.1) is 0 Å². The topological polar surface area (TPSA) is 56.1 Å². The van der Waals surface area contributed by atoms with E-state index in [9.17, 15) is 10.1 Å². The summed E-state index contributed by atoms with van der Waals surface area (Å²) in [5.41, 5.74) is 6.65. The van der Waals surface area contributed by atoms with Crippen molar-refractivity contribution in [2.75, 3.05) is 11.9 Å². The van der Waals surface area contributed by atoms with Crippen molar-refractivity contribution in [2.45, 2.75) is 33.7 Å². The Hall–Kier alpha value is -3.06. The molecule has 0 saturated heterocycles. The average molecular weight is 345 g/mol. The van der Waals surface area contributed by atoms with Crippen molar-refractivity contribution in [1.29, 1.82) is 5.26 Å². The van der Waals surface area contributed by atoms with Crippen LogP contribution in [0.15, 0.2) is 48.2 Å². The molecule has 26 heavy (non-hydrogen) atoms. The molecule has 1 N–H and O–H groups in total. The molecule has 132 valence electrons. The van der Waals surface area contributed by atoms with Crippen LogP contribution in [-0.2, 0) is 17.8 Å². The van der Waals surface area contributed by atoms with Gasteiger partial charge in [0.05, 0.1) is 0 Å². The second-order valence-electron chi connectivity index (χ2n) is 6.87. The Morgan fingerprint density at radius 3 is 2.46 bits per heavy atom. The molecule has 0 saturated carbocycles. The Labute approximate surface area is 154 Å². The number of amides is 1. The summed E-state index contributed by atoms with van der Waals surface area (Å²) in [4.78, 5) is 14.7. The molecule has 3 rings (SSSR count). The van der Waals surface area contributed by atoms with Crippen LogP contribution < -0.4 is 5.32 Å². The van der Waals surface area contributed by atoms with Gasteiger partial charge in [-0.25, -0.2) is 0 Å². The van der Waals surface area contributed by atoms with Crippen LogP contribution in [0.25, 0.3) is 0 Å². The third kappa shape index (κ3) is 3.78. The molecule has 4 heteroatoms. The van der Waals surface area contributed by atoms with Gasteiger partial charge in [-0.05, 0) is 49.4 Å². The number of rotatable bonds is 3. The number of hydrogen-bond acceptors (Lipinski definition) is 3. The van der Waals surface area contributed by atoms with E-state index in [0.717, 1.165) is 41.9 Å². The molecule has 0 radical (unpaired) electrons. The summed E-state index contributed by atoms with van der Waals surface area (Å²) in [5, 5.41) is 12.4. The van der Waals surface area contributed by atoms with Crippen molar-refractivity contribution in [1.82, 2.24) is 4.90 Å². The molecule has 1 heterocycles. The highest BCUT2D eigenvalue weighted by Gasteiger charge is 2.17.